The maximum Gasteiger partial charge on any atom is 0.267 e. The molecule has 1 aliphatic heterocycles. The number of carbonyl (C=O) groups excluding carboxylic acids is 1. The molecule has 8 nitrogen and oxygen atoms in total. The third kappa shape index (κ3) is 3.52. The number of nitrogens with zero attached hydrogens (tertiary/aromatic N) is 5. The number of unbranched alkanes of at least 4 members (excludes halogenated alkanes) is 1. The van der Waals surface area contributed by atoms with Crippen molar-refractivity contribution in [2.24, 2.45) is 0 Å². The number of hydrogen-bond acceptors (Lipinski definition) is 5. The number of piperazine rings is 1. The molecule has 3 aromatic heterocycles. The van der Waals surface area contributed by atoms with E-state index in [9.17, 15) is 9.59 Å². The molecular formula is C22H28N6O2. The van der Waals surface area contributed by atoms with E-state index in [2.05, 4.69) is 23.7 Å². The van der Waals surface area contributed by atoms with Crippen LogP contribution in [-0.2, 0) is 6.54 Å². The van der Waals surface area contributed by atoms with Gasteiger partial charge in [0.25, 0.3) is 11.5 Å². The summed E-state index contributed by atoms with van der Waals surface area (Å²) in [6, 6.07) is 6.97. The van der Waals surface area contributed by atoms with Crippen LogP contribution in [0.4, 0.5) is 0 Å². The quantitative estimate of drug-likeness (QED) is 0.651. The van der Waals surface area contributed by atoms with Gasteiger partial charge >= 0.3 is 0 Å². The van der Waals surface area contributed by atoms with Crippen molar-refractivity contribution in [2.45, 2.75) is 33.2 Å². The highest BCUT2D eigenvalue weighted by Gasteiger charge is 2.24. The van der Waals surface area contributed by atoms with Crippen LogP contribution in [0.25, 0.3) is 16.7 Å². The Morgan fingerprint density at radius 1 is 1.17 bits per heavy atom. The standard InChI is InChI=1S/C22H28N6O2/c1-3-5-9-28-19(23)16(21(29)26-13-11-25(4-2)12-14-26)15-17-20(28)24-18-8-6-7-10-27(18)22(17)30/h6-8,10,15,23H,3-5,9,11-14H2,1-2H3. The second-order valence-corrected chi connectivity index (χ2v) is 7.72. The van der Waals surface area contributed by atoms with E-state index in [0.29, 0.717) is 36.3 Å². The lowest BCUT2D eigenvalue weighted by Gasteiger charge is -2.34. The van der Waals surface area contributed by atoms with Crippen LogP contribution in [0.1, 0.15) is 37.0 Å². The Kier molecular flexibility index (Phi) is 5.67. The van der Waals surface area contributed by atoms with E-state index < -0.39 is 0 Å². The third-order valence-corrected chi connectivity index (χ3v) is 5.89. The first-order valence-corrected chi connectivity index (χ1v) is 10.7. The maximum absolute atomic E-state index is 13.3. The minimum atomic E-state index is -0.217. The predicted molar refractivity (Wildman–Crippen MR) is 116 cm³/mol. The van der Waals surface area contributed by atoms with E-state index in [-0.39, 0.29) is 22.5 Å². The second-order valence-electron chi connectivity index (χ2n) is 7.72. The fraction of sp³-hybridized carbons (Fsp3) is 0.455. The number of carbonyl (C=O) groups is 1. The molecule has 0 aromatic carbocycles. The molecule has 0 bridgehead atoms. The molecule has 1 N–H and O–H groups in total. The normalized spacial score (nSPS) is 15.2. The Morgan fingerprint density at radius 3 is 2.63 bits per heavy atom. The van der Waals surface area contributed by atoms with Gasteiger partial charge in [-0.15, -0.1) is 0 Å². The molecule has 158 valence electrons. The fourth-order valence-electron chi connectivity index (χ4n) is 4.02. The molecule has 0 spiro atoms. The van der Waals surface area contributed by atoms with Gasteiger partial charge in [0.05, 0.1) is 10.9 Å². The van der Waals surface area contributed by atoms with Gasteiger partial charge in [-0.05, 0) is 31.2 Å². The molecule has 4 rings (SSSR count). The molecule has 1 saturated heterocycles. The van der Waals surface area contributed by atoms with Gasteiger partial charge in [-0.1, -0.05) is 26.3 Å². The first kappa shape index (κ1) is 20.3. The fourth-order valence-corrected chi connectivity index (χ4v) is 4.02. The largest absolute Gasteiger partial charge is 0.336 e. The number of aromatic nitrogens is 3. The number of amides is 1. The number of fused-ring (bicyclic) bond motifs is 2. The minimum absolute atomic E-state index is 0.131. The molecule has 3 aromatic rings. The van der Waals surface area contributed by atoms with E-state index in [1.54, 1.807) is 33.9 Å². The van der Waals surface area contributed by atoms with Crippen LogP contribution in [0.3, 0.4) is 0 Å². The van der Waals surface area contributed by atoms with Crippen molar-refractivity contribution >= 4 is 22.6 Å². The molecule has 1 amide bonds. The summed E-state index contributed by atoms with van der Waals surface area (Å²) in [4.78, 5) is 35.2. The minimum Gasteiger partial charge on any atom is -0.336 e. The molecular weight excluding hydrogens is 380 g/mol. The number of hydrogen-bond donors (Lipinski definition) is 1. The summed E-state index contributed by atoms with van der Waals surface area (Å²) in [5.41, 5.74) is 1.20. The van der Waals surface area contributed by atoms with Crippen LogP contribution in [0.15, 0.2) is 35.3 Å². The molecule has 1 aliphatic rings. The van der Waals surface area contributed by atoms with E-state index in [4.69, 9.17) is 5.41 Å². The number of nitrogens with one attached hydrogen (secondary N) is 1. The zero-order valence-corrected chi connectivity index (χ0v) is 17.6. The van der Waals surface area contributed by atoms with Crippen molar-refractivity contribution in [3.05, 3.63) is 51.9 Å². The number of aryl methyl sites for hydroxylation is 1. The topological polar surface area (TPSA) is 86.7 Å². The van der Waals surface area contributed by atoms with Crippen LogP contribution < -0.4 is 11.0 Å². The van der Waals surface area contributed by atoms with Gasteiger partial charge in [0, 0.05) is 38.9 Å². The summed E-state index contributed by atoms with van der Waals surface area (Å²) in [6.45, 7) is 8.63. The summed E-state index contributed by atoms with van der Waals surface area (Å²) < 4.78 is 3.22. The smallest absolute Gasteiger partial charge is 0.267 e. The Balaban J connectivity index is 1.88. The first-order chi connectivity index (χ1) is 14.5. The highest BCUT2D eigenvalue weighted by Crippen LogP contribution is 2.13. The van der Waals surface area contributed by atoms with Crippen LogP contribution >= 0.6 is 0 Å². The summed E-state index contributed by atoms with van der Waals surface area (Å²) in [5.74, 6) is -0.180. The lowest BCUT2D eigenvalue weighted by Crippen LogP contribution is -2.49. The van der Waals surface area contributed by atoms with Gasteiger partial charge in [-0.3, -0.25) is 19.4 Å². The van der Waals surface area contributed by atoms with Gasteiger partial charge in [0.2, 0.25) is 0 Å². The monoisotopic (exact) mass is 408 g/mol. The molecule has 8 heteroatoms. The second kappa shape index (κ2) is 8.39. The summed E-state index contributed by atoms with van der Waals surface area (Å²) in [5, 5.41) is 9.14. The third-order valence-electron chi connectivity index (χ3n) is 5.89. The molecule has 0 atom stereocenters. The average Bonchev–Trinajstić information content (AvgIpc) is 2.78. The Morgan fingerprint density at radius 2 is 1.93 bits per heavy atom. The SMILES string of the molecule is CCCCn1c(=N)c(C(=O)N2CCN(CC)CC2)cc2c(=O)n3ccccc3nc21. The highest BCUT2D eigenvalue weighted by molar-refractivity contribution is 5.97. The van der Waals surface area contributed by atoms with E-state index in [1.165, 1.54) is 4.40 Å². The summed E-state index contributed by atoms with van der Waals surface area (Å²) >= 11 is 0. The zero-order chi connectivity index (χ0) is 21.3. The first-order valence-electron chi connectivity index (χ1n) is 10.7. The van der Waals surface area contributed by atoms with Crippen LogP contribution in [0.2, 0.25) is 0 Å². The molecule has 30 heavy (non-hydrogen) atoms. The highest BCUT2D eigenvalue weighted by atomic mass is 16.2. The van der Waals surface area contributed by atoms with Crippen molar-refractivity contribution in [1.29, 1.82) is 5.41 Å². The van der Waals surface area contributed by atoms with Crippen molar-refractivity contribution in [3.63, 3.8) is 0 Å². The van der Waals surface area contributed by atoms with Crippen molar-refractivity contribution in [1.82, 2.24) is 23.8 Å². The Hall–Kier alpha value is -3.00. The lowest BCUT2D eigenvalue weighted by atomic mass is 10.1. The Labute approximate surface area is 174 Å². The molecule has 4 heterocycles. The molecule has 0 radical (unpaired) electrons. The predicted octanol–water partition coefficient (Wildman–Crippen LogP) is 1.71. The van der Waals surface area contributed by atoms with E-state index in [0.717, 1.165) is 32.5 Å². The van der Waals surface area contributed by atoms with Crippen molar-refractivity contribution in [3.8, 4) is 0 Å². The zero-order valence-electron chi connectivity index (χ0n) is 17.6. The average molecular weight is 409 g/mol. The number of pyridine rings is 2. The van der Waals surface area contributed by atoms with E-state index >= 15 is 0 Å². The molecule has 0 unspecified atom stereocenters. The van der Waals surface area contributed by atoms with E-state index in [1.807, 2.05) is 6.07 Å². The number of likely N-dealkylation sites (N-methyl/N-ethyl adjacent to an activating group) is 1. The van der Waals surface area contributed by atoms with Gasteiger partial charge in [0.15, 0.2) is 0 Å². The lowest BCUT2D eigenvalue weighted by molar-refractivity contribution is 0.0640. The van der Waals surface area contributed by atoms with Crippen molar-refractivity contribution < 1.29 is 4.79 Å². The molecule has 0 saturated carbocycles. The number of rotatable bonds is 5. The van der Waals surface area contributed by atoms with Gasteiger partial charge < -0.3 is 14.4 Å². The van der Waals surface area contributed by atoms with Gasteiger partial charge in [0.1, 0.15) is 16.8 Å². The Bertz CT molecular complexity index is 1200. The molecule has 1 fully saturated rings. The van der Waals surface area contributed by atoms with Gasteiger partial charge in [-0.2, -0.15) is 0 Å². The summed E-state index contributed by atoms with van der Waals surface area (Å²) in [7, 11) is 0. The summed E-state index contributed by atoms with van der Waals surface area (Å²) in [6.07, 6.45) is 3.46. The van der Waals surface area contributed by atoms with Gasteiger partial charge in [-0.25, -0.2) is 4.98 Å². The maximum atomic E-state index is 13.3. The molecule has 0 aliphatic carbocycles. The van der Waals surface area contributed by atoms with Crippen LogP contribution in [0, 0.1) is 5.41 Å². The van der Waals surface area contributed by atoms with Crippen LogP contribution in [-0.4, -0.2) is 62.4 Å². The van der Waals surface area contributed by atoms with Crippen LogP contribution in [0.5, 0.6) is 0 Å². The van der Waals surface area contributed by atoms with Crippen molar-refractivity contribution in [2.75, 3.05) is 32.7 Å².